The number of carbonyl (C=O) groups excluding carboxylic acids is 1. The van der Waals surface area contributed by atoms with Crippen LogP contribution < -0.4 is 10.2 Å². The third-order valence-corrected chi connectivity index (χ3v) is 3.44. The number of aromatic nitrogens is 2. The first-order chi connectivity index (χ1) is 10.1. The van der Waals surface area contributed by atoms with Gasteiger partial charge in [0.2, 0.25) is 0 Å². The smallest absolute Gasteiger partial charge is 0.335 e. The summed E-state index contributed by atoms with van der Waals surface area (Å²) in [4.78, 5) is 24.9. The molecular weight excluding hydrogens is 272 g/mol. The number of nitrogens with zero attached hydrogens (tertiary/aromatic N) is 2. The molecule has 2 amide bonds. The fourth-order valence-corrected chi connectivity index (χ4v) is 2.45. The van der Waals surface area contributed by atoms with Gasteiger partial charge in [-0.2, -0.15) is 5.10 Å². The number of carboxylic acids is 1. The Labute approximate surface area is 120 Å². The first-order valence-corrected chi connectivity index (χ1v) is 6.58. The van der Waals surface area contributed by atoms with Crippen LogP contribution in [0, 0.1) is 0 Å². The number of hydrogen-bond acceptors (Lipinski definition) is 3. The highest BCUT2D eigenvalue weighted by molar-refractivity contribution is 6.02. The lowest BCUT2D eigenvalue weighted by Crippen LogP contribution is -2.38. The van der Waals surface area contributed by atoms with E-state index in [1.165, 1.54) is 12.3 Å². The summed E-state index contributed by atoms with van der Waals surface area (Å²) in [6, 6.07) is 4.59. The number of aromatic amines is 1. The maximum absolute atomic E-state index is 12.3. The van der Waals surface area contributed by atoms with Gasteiger partial charge in [-0.25, -0.2) is 9.59 Å². The summed E-state index contributed by atoms with van der Waals surface area (Å²) in [7, 11) is 0. The third kappa shape index (κ3) is 2.58. The summed E-state index contributed by atoms with van der Waals surface area (Å²) in [5, 5.41) is 18.2. The largest absolute Gasteiger partial charge is 0.478 e. The van der Waals surface area contributed by atoms with E-state index >= 15 is 0 Å². The van der Waals surface area contributed by atoms with Gasteiger partial charge in [0.15, 0.2) is 0 Å². The van der Waals surface area contributed by atoms with Gasteiger partial charge in [-0.05, 0) is 36.6 Å². The van der Waals surface area contributed by atoms with Crippen LogP contribution >= 0.6 is 0 Å². The van der Waals surface area contributed by atoms with Gasteiger partial charge in [-0.3, -0.25) is 10.00 Å². The molecule has 1 aromatic heterocycles. The lowest BCUT2D eigenvalue weighted by atomic mass is 9.99. The fourth-order valence-electron chi connectivity index (χ4n) is 2.45. The standard InChI is InChI=1S/C14H14N4O3/c19-13(20)10-3-4-12-9(6-10)2-1-5-18(12)14(21)17-11-7-15-16-8-11/h3-4,6-8H,1-2,5H2,(H,15,16)(H,17,21)(H,19,20). The van der Waals surface area contributed by atoms with Gasteiger partial charge in [-0.15, -0.1) is 0 Å². The fraction of sp³-hybridized carbons (Fsp3) is 0.214. The van der Waals surface area contributed by atoms with E-state index in [0.717, 1.165) is 24.1 Å². The van der Waals surface area contributed by atoms with Gasteiger partial charge in [0.05, 0.1) is 17.4 Å². The Morgan fingerprint density at radius 1 is 1.38 bits per heavy atom. The summed E-state index contributed by atoms with van der Waals surface area (Å²) in [5.74, 6) is -0.960. The van der Waals surface area contributed by atoms with Crippen LogP contribution in [-0.2, 0) is 6.42 Å². The third-order valence-electron chi connectivity index (χ3n) is 3.44. The Morgan fingerprint density at radius 2 is 2.24 bits per heavy atom. The molecule has 0 unspecified atom stereocenters. The molecule has 0 saturated carbocycles. The molecule has 1 aliphatic rings. The molecule has 0 atom stereocenters. The summed E-state index contributed by atoms with van der Waals surface area (Å²) in [5.41, 5.74) is 2.47. The lowest BCUT2D eigenvalue weighted by Gasteiger charge is -2.29. The van der Waals surface area contributed by atoms with Crippen LogP contribution in [0.2, 0.25) is 0 Å². The molecule has 1 aliphatic heterocycles. The summed E-state index contributed by atoms with van der Waals surface area (Å²) in [6.45, 7) is 0.600. The van der Waals surface area contributed by atoms with Crippen molar-refractivity contribution in [2.75, 3.05) is 16.8 Å². The highest BCUT2D eigenvalue weighted by Gasteiger charge is 2.23. The van der Waals surface area contributed by atoms with Crippen molar-refractivity contribution in [3.8, 4) is 0 Å². The molecule has 3 rings (SSSR count). The molecule has 0 aliphatic carbocycles. The van der Waals surface area contributed by atoms with Gasteiger partial charge in [-0.1, -0.05) is 0 Å². The van der Waals surface area contributed by atoms with Crippen molar-refractivity contribution >= 4 is 23.4 Å². The molecule has 7 heteroatoms. The van der Waals surface area contributed by atoms with E-state index in [0.29, 0.717) is 12.2 Å². The zero-order chi connectivity index (χ0) is 14.8. The van der Waals surface area contributed by atoms with Gasteiger partial charge >= 0.3 is 12.0 Å². The molecule has 0 bridgehead atoms. The lowest BCUT2D eigenvalue weighted by molar-refractivity contribution is 0.0696. The predicted octanol–water partition coefficient (Wildman–Crippen LogP) is 2.09. The number of urea groups is 1. The Hall–Kier alpha value is -2.83. The number of anilines is 2. The molecule has 1 aromatic carbocycles. The number of H-pyrrole nitrogens is 1. The number of benzene rings is 1. The van der Waals surface area contributed by atoms with E-state index in [-0.39, 0.29) is 11.6 Å². The molecule has 0 saturated heterocycles. The van der Waals surface area contributed by atoms with Crippen LogP contribution in [0.15, 0.2) is 30.6 Å². The summed E-state index contributed by atoms with van der Waals surface area (Å²) < 4.78 is 0. The van der Waals surface area contributed by atoms with E-state index in [1.807, 2.05) is 0 Å². The number of aryl methyl sites for hydroxylation is 1. The molecule has 0 spiro atoms. The molecular formula is C14H14N4O3. The van der Waals surface area contributed by atoms with Gasteiger partial charge < -0.3 is 10.4 Å². The monoisotopic (exact) mass is 286 g/mol. The molecule has 0 fully saturated rings. The maximum atomic E-state index is 12.3. The number of aromatic carboxylic acids is 1. The summed E-state index contributed by atoms with van der Waals surface area (Å²) >= 11 is 0. The zero-order valence-electron chi connectivity index (χ0n) is 11.2. The van der Waals surface area contributed by atoms with Gasteiger partial charge in [0.1, 0.15) is 0 Å². The Bertz CT molecular complexity index is 682. The molecule has 2 aromatic rings. The quantitative estimate of drug-likeness (QED) is 0.787. The van der Waals surface area contributed by atoms with E-state index in [9.17, 15) is 9.59 Å². The van der Waals surface area contributed by atoms with Crippen LogP contribution in [0.4, 0.5) is 16.2 Å². The van der Waals surface area contributed by atoms with Crippen molar-refractivity contribution in [1.29, 1.82) is 0 Å². The first-order valence-electron chi connectivity index (χ1n) is 6.58. The van der Waals surface area contributed by atoms with Crippen molar-refractivity contribution < 1.29 is 14.7 Å². The first kappa shape index (κ1) is 13.2. The minimum Gasteiger partial charge on any atom is -0.478 e. The Balaban J connectivity index is 1.86. The molecule has 7 nitrogen and oxygen atoms in total. The van der Waals surface area contributed by atoms with E-state index in [1.54, 1.807) is 23.2 Å². The van der Waals surface area contributed by atoms with Crippen molar-refractivity contribution in [1.82, 2.24) is 10.2 Å². The number of rotatable bonds is 2. The highest BCUT2D eigenvalue weighted by atomic mass is 16.4. The number of hydrogen-bond donors (Lipinski definition) is 3. The predicted molar refractivity (Wildman–Crippen MR) is 76.7 cm³/mol. The average molecular weight is 286 g/mol. The average Bonchev–Trinajstić information content (AvgIpc) is 2.98. The van der Waals surface area contributed by atoms with Crippen LogP contribution in [0.5, 0.6) is 0 Å². The second-order valence-corrected chi connectivity index (χ2v) is 4.82. The minimum atomic E-state index is -0.960. The SMILES string of the molecule is O=C(O)c1ccc2c(c1)CCCN2C(=O)Nc1cn[nH]c1. The molecule has 2 heterocycles. The minimum absolute atomic E-state index is 0.242. The number of nitrogens with one attached hydrogen (secondary N) is 2. The normalized spacial score (nSPS) is 13.6. The second-order valence-electron chi connectivity index (χ2n) is 4.82. The molecule has 0 radical (unpaired) electrons. The van der Waals surface area contributed by atoms with E-state index < -0.39 is 5.97 Å². The number of amides is 2. The van der Waals surface area contributed by atoms with Crippen LogP contribution in [0.1, 0.15) is 22.3 Å². The Morgan fingerprint density at radius 3 is 2.95 bits per heavy atom. The maximum Gasteiger partial charge on any atom is 0.335 e. The van der Waals surface area contributed by atoms with Crippen molar-refractivity contribution in [3.05, 3.63) is 41.7 Å². The Kier molecular flexibility index (Phi) is 3.31. The van der Waals surface area contributed by atoms with Crippen molar-refractivity contribution in [2.45, 2.75) is 12.8 Å². The zero-order valence-corrected chi connectivity index (χ0v) is 11.2. The van der Waals surface area contributed by atoms with Crippen molar-refractivity contribution in [2.24, 2.45) is 0 Å². The van der Waals surface area contributed by atoms with Crippen LogP contribution in [0.3, 0.4) is 0 Å². The number of carboxylic acid groups (broad SMARTS) is 1. The van der Waals surface area contributed by atoms with Gasteiger partial charge in [0, 0.05) is 18.4 Å². The van der Waals surface area contributed by atoms with E-state index in [2.05, 4.69) is 15.5 Å². The molecule has 3 N–H and O–H groups in total. The number of carbonyl (C=O) groups is 2. The molecule has 108 valence electrons. The topological polar surface area (TPSA) is 98.3 Å². The van der Waals surface area contributed by atoms with Gasteiger partial charge in [0.25, 0.3) is 0 Å². The van der Waals surface area contributed by atoms with Crippen molar-refractivity contribution in [3.63, 3.8) is 0 Å². The highest BCUT2D eigenvalue weighted by Crippen LogP contribution is 2.28. The summed E-state index contributed by atoms with van der Waals surface area (Å²) in [6.07, 6.45) is 4.69. The van der Waals surface area contributed by atoms with Crippen LogP contribution in [-0.4, -0.2) is 33.8 Å². The van der Waals surface area contributed by atoms with E-state index in [4.69, 9.17) is 5.11 Å². The second kappa shape index (κ2) is 5.28. The molecule has 21 heavy (non-hydrogen) atoms. The van der Waals surface area contributed by atoms with Crippen LogP contribution in [0.25, 0.3) is 0 Å². The number of fused-ring (bicyclic) bond motifs is 1.